The predicted octanol–water partition coefficient (Wildman–Crippen LogP) is -0.419. The monoisotopic (exact) mass is 242 g/mol. The molecule has 0 bridgehead atoms. The molecule has 16 heavy (non-hydrogen) atoms. The number of carbonyl (C=O) groups excluding carboxylic acids is 1. The van der Waals surface area contributed by atoms with Gasteiger partial charge in [-0.15, -0.1) is 0 Å². The number of primary amides is 1. The molecule has 0 aliphatic rings. The topological polar surface area (TPSA) is 103 Å². The number of benzene rings is 1. The van der Waals surface area contributed by atoms with E-state index in [9.17, 15) is 13.2 Å². The molecule has 0 saturated carbocycles. The fourth-order valence-corrected chi connectivity index (χ4v) is 2.54. The highest BCUT2D eigenvalue weighted by Gasteiger charge is 2.21. The number of hydrogen-bond acceptors (Lipinski definition) is 4. The van der Waals surface area contributed by atoms with Gasteiger partial charge in [-0.25, -0.2) is 8.42 Å². The van der Waals surface area contributed by atoms with Gasteiger partial charge in [0.15, 0.2) is 9.84 Å². The van der Waals surface area contributed by atoms with Crippen LogP contribution in [-0.4, -0.2) is 26.1 Å². The molecule has 0 heterocycles. The number of rotatable bonds is 4. The van der Waals surface area contributed by atoms with E-state index in [0.29, 0.717) is 0 Å². The van der Waals surface area contributed by atoms with Crippen molar-refractivity contribution < 1.29 is 13.2 Å². The number of sulfone groups is 1. The number of carbonyl (C=O) groups is 1. The van der Waals surface area contributed by atoms with Crippen LogP contribution < -0.4 is 11.5 Å². The number of amides is 1. The fraction of sp³-hybridized carbons (Fsp3) is 0.300. The predicted molar refractivity (Wildman–Crippen MR) is 60.4 cm³/mol. The van der Waals surface area contributed by atoms with E-state index in [1.807, 2.05) is 6.92 Å². The van der Waals surface area contributed by atoms with E-state index in [1.165, 1.54) is 12.1 Å². The number of hydrogen-bond donors (Lipinski definition) is 2. The van der Waals surface area contributed by atoms with Gasteiger partial charge in [-0.1, -0.05) is 17.7 Å². The van der Waals surface area contributed by atoms with Gasteiger partial charge in [0.2, 0.25) is 5.91 Å². The Morgan fingerprint density at radius 2 is 1.81 bits per heavy atom. The van der Waals surface area contributed by atoms with E-state index in [0.717, 1.165) is 5.56 Å². The maximum absolute atomic E-state index is 11.8. The lowest BCUT2D eigenvalue weighted by Gasteiger charge is -2.08. The average molecular weight is 242 g/mol. The molecule has 1 amide bonds. The van der Waals surface area contributed by atoms with Crippen LogP contribution >= 0.6 is 0 Å². The number of aryl methyl sites for hydroxylation is 1. The van der Waals surface area contributed by atoms with E-state index >= 15 is 0 Å². The van der Waals surface area contributed by atoms with Crippen LogP contribution in [0.15, 0.2) is 29.2 Å². The van der Waals surface area contributed by atoms with Gasteiger partial charge in [-0.3, -0.25) is 4.79 Å². The molecule has 1 aromatic carbocycles. The summed E-state index contributed by atoms with van der Waals surface area (Å²) in [5.41, 5.74) is 11.2. The van der Waals surface area contributed by atoms with Gasteiger partial charge < -0.3 is 11.5 Å². The van der Waals surface area contributed by atoms with E-state index in [4.69, 9.17) is 11.5 Å². The smallest absolute Gasteiger partial charge is 0.235 e. The van der Waals surface area contributed by atoms with Crippen LogP contribution in [0.5, 0.6) is 0 Å². The molecule has 1 atom stereocenters. The Morgan fingerprint density at radius 3 is 2.25 bits per heavy atom. The molecule has 1 aromatic rings. The van der Waals surface area contributed by atoms with Crippen molar-refractivity contribution in [2.45, 2.75) is 17.9 Å². The largest absolute Gasteiger partial charge is 0.368 e. The molecule has 4 N–H and O–H groups in total. The minimum atomic E-state index is -3.55. The molecule has 0 saturated heterocycles. The second-order valence-corrected chi connectivity index (χ2v) is 5.64. The standard InChI is InChI=1S/C10H14N2O3S/c1-7-2-4-8(5-3-7)16(14,15)6-9(11)10(12)13/h2-5,9H,6,11H2,1H3,(H2,12,13). The first-order chi connectivity index (χ1) is 7.33. The maximum Gasteiger partial charge on any atom is 0.235 e. The Hall–Kier alpha value is -1.40. The first-order valence-electron chi connectivity index (χ1n) is 4.67. The summed E-state index contributed by atoms with van der Waals surface area (Å²) in [6.45, 7) is 1.85. The lowest BCUT2D eigenvalue weighted by Crippen LogP contribution is -2.41. The Balaban J connectivity index is 2.94. The summed E-state index contributed by atoms with van der Waals surface area (Å²) in [6.07, 6.45) is 0. The zero-order chi connectivity index (χ0) is 12.3. The van der Waals surface area contributed by atoms with Gasteiger partial charge in [0.25, 0.3) is 0 Å². The lowest BCUT2D eigenvalue weighted by molar-refractivity contribution is -0.118. The van der Waals surface area contributed by atoms with Gasteiger partial charge in [0, 0.05) is 0 Å². The van der Waals surface area contributed by atoms with Crippen molar-refractivity contribution in [2.75, 3.05) is 5.75 Å². The summed E-state index contributed by atoms with van der Waals surface area (Å²) in [7, 11) is -3.55. The van der Waals surface area contributed by atoms with E-state index in [1.54, 1.807) is 12.1 Å². The van der Waals surface area contributed by atoms with Crippen molar-refractivity contribution >= 4 is 15.7 Å². The first kappa shape index (κ1) is 12.7. The van der Waals surface area contributed by atoms with Crippen LogP contribution in [0.1, 0.15) is 5.56 Å². The molecule has 1 unspecified atom stereocenters. The second kappa shape index (κ2) is 4.63. The summed E-state index contributed by atoms with van der Waals surface area (Å²) < 4.78 is 23.5. The Bertz CT molecular complexity index is 479. The van der Waals surface area contributed by atoms with E-state index < -0.39 is 27.5 Å². The Morgan fingerprint density at radius 1 is 1.31 bits per heavy atom. The van der Waals surface area contributed by atoms with E-state index in [2.05, 4.69) is 0 Å². The van der Waals surface area contributed by atoms with Gasteiger partial charge in [-0.05, 0) is 19.1 Å². The molecule has 1 rings (SSSR count). The normalized spacial score (nSPS) is 13.4. The highest BCUT2D eigenvalue weighted by atomic mass is 32.2. The van der Waals surface area contributed by atoms with Crippen LogP contribution in [0.4, 0.5) is 0 Å². The Labute approximate surface area is 94.4 Å². The molecule has 6 heteroatoms. The van der Waals surface area contributed by atoms with Crippen LogP contribution in [0.3, 0.4) is 0 Å². The fourth-order valence-electron chi connectivity index (χ4n) is 1.16. The molecule has 0 aliphatic heterocycles. The van der Waals surface area contributed by atoms with Crippen molar-refractivity contribution in [3.8, 4) is 0 Å². The Kier molecular flexibility index (Phi) is 3.66. The third-order valence-corrected chi connectivity index (χ3v) is 3.93. The van der Waals surface area contributed by atoms with Crippen LogP contribution in [0.25, 0.3) is 0 Å². The van der Waals surface area contributed by atoms with Crippen molar-refractivity contribution in [2.24, 2.45) is 11.5 Å². The van der Waals surface area contributed by atoms with Crippen LogP contribution in [0, 0.1) is 6.92 Å². The molecule has 0 aromatic heterocycles. The maximum atomic E-state index is 11.8. The highest BCUT2D eigenvalue weighted by molar-refractivity contribution is 7.91. The molecule has 88 valence electrons. The molecule has 0 aliphatic carbocycles. The van der Waals surface area contributed by atoms with Gasteiger partial charge in [-0.2, -0.15) is 0 Å². The SMILES string of the molecule is Cc1ccc(S(=O)(=O)CC(N)C(N)=O)cc1. The molecule has 0 fully saturated rings. The van der Waals surface area contributed by atoms with Crippen molar-refractivity contribution in [3.63, 3.8) is 0 Å². The highest BCUT2D eigenvalue weighted by Crippen LogP contribution is 2.12. The van der Waals surface area contributed by atoms with Crippen molar-refractivity contribution in [1.82, 2.24) is 0 Å². The lowest BCUT2D eigenvalue weighted by atomic mass is 10.2. The molecule has 0 spiro atoms. The first-order valence-corrected chi connectivity index (χ1v) is 6.32. The van der Waals surface area contributed by atoms with E-state index in [-0.39, 0.29) is 4.90 Å². The summed E-state index contributed by atoms with van der Waals surface area (Å²) in [5, 5.41) is 0. The van der Waals surface area contributed by atoms with Crippen LogP contribution in [-0.2, 0) is 14.6 Å². The zero-order valence-electron chi connectivity index (χ0n) is 8.88. The number of nitrogens with two attached hydrogens (primary N) is 2. The molecular weight excluding hydrogens is 228 g/mol. The molecule has 0 radical (unpaired) electrons. The molecular formula is C10H14N2O3S. The minimum absolute atomic E-state index is 0.148. The van der Waals surface area contributed by atoms with Crippen molar-refractivity contribution in [3.05, 3.63) is 29.8 Å². The summed E-state index contributed by atoms with van der Waals surface area (Å²) in [4.78, 5) is 10.8. The summed E-state index contributed by atoms with van der Waals surface area (Å²) in [5.74, 6) is -1.29. The van der Waals surface area contributed by atoms with Gasteiger partial charge in [0.05, 0.1) is 16.7 Å². The third-order valence-electron chi connectivity index (χ3n) is 2.14. The second-order valence-electron chi connectivity index (χ2n) is 3.60. The third kappa shape index (κ3) is 3.04. The quantitative estimate of drug-likeness (QED) is 0.748. The van der Waals surface area contributed by atoms with Crippen LogP contribution in [0.2, 0.25) is 0 Å². The average Bonchev–Trinajstić information content (AvgIpc) is 2.17. The minimum Gasteiger partial charge on any atom is -0.368 e. The zero-order valence-corrected chi connectivity index (χ0v) is 9.70. The summed E-state index contributed by atoms with van der Waals surface area (Å²) in [6, 6.07) is 5.16. The van der Waals surface area contributed by atoms with Crippen molar-refractivity contribution in [1.29, 1.82) is 0 Å². The summed E-state index contributed by atoms with van der Waals surface area (Å²) >= 11 is 0. The molecule has 5 nitrogen and oxygen atoms in total. The van der Waals surface area contributed by atoms with Gasteiger partial charge in [0.1, 0.15) is 0 Å². The van der Waals surface area contributed by atoms with Gasteiger partial charge >= 0.3 is 0 Å².